The van der Waals surface area contributed by atoms with Crippen LogP contribution in [0.15, 0.2) is 66.7 Å². The highest BCUT2D eigenvalue weighted by Gasteiger charge is 2.29. The highest BCUT2D eigenvalue weighted by Crippen LogP contribution is 2.27. The van der Waals surface area contributed by atoms with Gasteiger partial charge in [-0.1, -0.05) is 30.3 Å². The van der Waals surface area contributed by atoms with Crippen molar-refractivity contribution in [3.63, 3.8) is 0 Å². The van der Waals surface area contributed by atoms with Crippen molar-refractivity contribution >= 4 is 11.8 Å². The standard InChI is InChI=1S/C30H33F2N3O4/c1-30(2,3)39-29(36)34(19-22-6-12-27(13-7-22)35(37)38)15-14-33-20-24-17-26(32)11-8-23(24)18-28(33)16-21-4-9-25(31)10-5-21/h4-13,17,28H,14-16,18-20H2,1-3H3. The second-order valence-electron chi connectivity index (χ2n) is 10.9. The van der Waals surface area contributed by atoms with Crippen molar-refractivity contribution in [1.82, 2.24) is 9.80 Å². The van der Waals surface area contributed by atoms with E-state index >= 15 is 0 Å². The van der Waals surface area contributed by atoms with Gasteiger partial charge in [0.1, 0.15) is 17.2 Å². The fourth-order valence-corrected chi connectivity index (χ4v) is 4.78. The molecule has 4 rings (SSSR count). The van der Waals surface area contributed by atoms with Crippen LogP contribution in [-0.4, -0.2) is 45.5 Å². The first kappa shape index (κ1) is 28.2. The summed E-state index contributed by atoms with van der Waals surface area (Å²) in [6, 6.07) is 17.4. The number of amides is 1. The van der Waals surface area contributed by atoms with Gasteiger partial charge in [0.25, 0.3) is 5.69 Å². The molecule has 7 nitrogen and oxygen atoms in total. The van der Waals surface area contributed by atoms with Crippen molar-refractivity contribution in [2.75, 3.05) is 13.1 Å². The Morgan fingerprint density at radius 1 is 1.00 bits per heavy atom. The maximum absolute atomic E-state index is 14.0. The number of fused-ring (bicyclic) bond motifs is 1. The topological polar surface area (TPSA) is 75.9 Å². The second kappa shape index (κ2) is 11.9. The quantitative estimate of drug-likeness (QED) is 0.250. The Balaban J connectivity index is 1.54. The molecular formula is C30H33F2N3O4. The summed E-state index contributed by atoms with van der Waals surface area (Å²) in [5.41, 5.74) is 2.99. The number of ether oxygens (including phenoxy) is 1. The van der Waals surface area contributed by atoms with Gasteiger partial charge in [-0.05, 0) is 80.1 Å². The number of hydrogen-bond donors (Lipinski definition) is 0. The van der Waals surface area contributed by atoms with Crippen LogP contribution >= 0.6 is 0 Å². The predicted molar refractivity (Wildman–Crippen MR) is 144 cm³/mol. The molecule has 0 fully saturated rings. The predicted octanol–water partition coefficient (Wildman–Crippen LogP) is 6.28. The monoisotopic (exact) mass is 537 g/mol. The van der Waals surface area contributed by atoms with Crippen LogP contribution in [0.5, 0.6) is 0 Å². The molecule has 0 N–H and O–H groups in total. The highest BCUT2D eigenvalue weighted by molar-refractivity contribution is 5.68. The van der Waals surface area contributed by atoms with Gasteiger partial charge in [-0.3, -0.25) is 15.0 Å². The van der Waals surface area contributed by atoms with Crippen LogP contribution in [0.25, 0.3) is 0 Å². The molecular weight excluding hydrogens is 504 g/mol. The average molecular weight is 538 g/mol. The minimum atomic E-state index is -0.697. The average Bonchev–Trinajstić information content (AvgIpc) is 2.87. The third kappa shape index (κ3) is 7.83. The lowest BCUT2D eigenvalue weighted by Gasteiger charge is -2.38. The van der Waals surface area contributed by atoms with Gasteiger partial charge in [-0.25, -0.2) is 13.6 Å². The third-order valence-electron chi connectivity index (χ3n) is 6.73. The molecule has 9 heteroatoms. The van der Waals surface area contributed by atoms with Crippen molar-refractivity contribution in [2.24, 2.45) is 0 Å². The van der Waals surface area contributed by atoms with E-state index in [1.165, 1.54) is 30.3 Å². The van der Waals surface area contributed by atoms with Crippen LogP contribution in [0.3, 0.4) is 0 Å². The van der Waals surface area contributed by atoms with Gasteiger partial charge in [-0.15, -0.1) is 0 Å². The summed E-state index contributed by atoms with van der Waals surface area (Å²) in [5.74, 6) is -0.585. The number of carbonyl (C=O) groups is 1. The largest absolute Gasteiger partial charge is 0.444 e. The Bertz CT molecular complexity index is 1310. The van der Waals surface area contributed by atoms with E-state index in [4.69, 9.17) is 4.74 Å². The van der Waals surface area contributed by atoms with Gasteiger partial charge in [0.2, 0.25) is 0 Å². The maximum Gasteiger partial charge on any atom is 0.410 e. The molecule has 0 saturated heterocycles. The molecule has 1 heterocycles. The Hall–Kier alpha value is -3.85. The molecule has 1 aliphatic heterocycles. The summed E-state index contributed by atoms with van der Waals surface area (Å²) in [4.78, 5) is 27.5. The summed E-state index contributed by atoms with van der Waals surface area (Å²) in [7, 11) is 0. The lowest BCUT2D eigenvalue weighted by atomic mass is 9.90. The van der Waals surface area contributed by atoms with Gasteiger partial charge in [0.15, 0.2) is 0 Å². The number of halogens is 2. The molecule has 0 aromatic heterocycles. The van der Waals surface area contributed by atoms with E-state index in [2.05, 4.69) is 4.90 Å². The fraction of sp³-hybridized carbons (Fsp3) is 0.367. The zero-order chi connectivity index (χ0) is 28.2. The maximum atomic E-state index is 14.0. The number of carbonyl (C=O) groups excluding carboxylic acids is 1. The van der Waals surface area contributed by atoms with E-state index in [9.17, 15) is 23.7 Å². The van der Waals surface area contributed by atoms with Crippen molar-refractivity contribution in [2.45, 2.75) is 58.3 Å². The molecule has 3 aromatic carbocycles. The second-order valence-corrected chi connectivity index (χ2v) is 10.9. The summed E-state index contributed by atoms with van der Waals surface area (Å²) in [5, 5.41) is 11.0. The minimum Gasteiger partial charge on any atom is -0.444 e. The van der Waals surface area contributed by atoms with Gasteiger partial charge in [0, 0.05) is 44.4 Å². The van der Waals surface area contributed by atoms with Crippen LogP contribution in [0, 0.1) is 21.7 Å². The third-order valence-corrected chi connectivity index (χ3v) is 6.73. The molecule has 1 amide bonds. The van der Waals surface area contributed by atoms with Gasteiger partial charge >= 0.3 is 6.09 Å². The van der Waals surface area contributed by atoms with Gasteiger partial charge in [-0.2, -0.15) is 0 Å². The molecule has 1 atom stereocenters. The number of hydrogen-bond acceptors (Lipinski definition) is 5. The number of rotatable bonds is 8. The molecule has 1 unspecified atom stereocenters. The summed E-state index contributed by atoms with van der Waals surface area (Å²) < 4.78 is 33.2. The minimum absolute atomic E-state index is 0.0228. The van der Waals surface area contributed by atoms with E-state index in [1.807, 2.05) is 6.07 Å². The van der Waals surface area contributed by atoms with Crippen LogP contribution in [-0.2, 0) is 30.7 Å². The lowest BCUT2D eigenvalue weighted by molar-refractivity contribution is -0.384. The molecule has 206 valence electrons. The van der Waals surface area contributed by atoms with Crippen molar-refractivity contribution in [3.05, 3.63) is 111 Å². The number of nitrogens with zero attached hydrogens (tertiary/aromatic N) is 3. The number of non-ortho nitro benzene ring substituents is 1. The zero-order valence-corrected chi connectivity index (χ0v) is 22.4. The SMILES string of the molecule is CC(C)(C)OC(=O)N(CCN1Cc2cc(F)ccc2CC1Cc1ccc(F)cc1)Cc1ccc([N+](=O)[O-])cc1. The molecule has 0 saturated carbocycles. The molecule has 0 spiro atoms. The van der Waals surface area contributed by atoms with Gasteiger partial charge < -0.3 is 9.64 Å². The molecule has 0 aliphatic carbocycles. The fourth-order valence-electron chi connectivity index (χ4n) is 4.78. The van der Waals surface area contributed by atoms with Crippen LogP contribution in [0.4, 0.5) is 19.3 Å². The van der Waals surface area contributed by atoms with Crippen molar-refractivity contribution in [3.8, 4) is 0 Å². The Morgan fingerprint density at radius 2 is 1.64 bits per heavy atom. The Kier molecular flexibility index (Phi) is 8.60. The van der Waals surface area contributed by atoms with E-state index in [0.717, 1.165) is 22.3 Å². The van der Waals surface area contributed by atoms with Crippen LogP contribution in [0.1, 0.15) is 43.0 Å². The van der Waals surface area contributed by atoms with Crippen LogP contribution < -0.4 is 0 Å². The van der Waals surface area contributed by atoms with E-state index in [1.54, 1.807) is 56.0 Å². The molecule has 3 aromatic rings. The summed E-state index contributed by atoms with van der Waals surface area (Å²) >= 11 is 0. The molecule has 0 bridgehead atoms. The van der Waals surface area contributed by atoms with E-state index in [-0.39, 0.29) is 29.9 Å². The van der Waals surface area contributed by atoms with E-state index in [0.29, 0.717) is 32.5 Å². The van der Waals surface area contributed by atoms with Gasteiger partial charge in [0.05, 0.1) is 4.92 Å². The lowest BCUT2D eigenvalue weighted by Crippen LogP contribution is -2.47. The molecule has 39 heavy (non-hydrogen) atoms. The van der Waals surface area contributed by atoms with E-state index < -0.39 is 16.6 Å². The first-order valence-corrected chi connectivity index (χ1v) is 12.9. The highest BCUT2D eigenvalue weighted by atomic mass is 19.1. The normalized spacial score (nSPS) is 15.5. The first-order chi connectivity index (χ1) is 18.5. The zero-order valence-electron chi connectivity index (χ0n) is 22.4. The number of nitro groups is 1. The van der Waals surface area contributed by atoms with Crippen LogP contribution in [0.2, 0.25) is 0 Å². The molecule has 1 aliphatic rings. The van der Waals surface area contributed by atoms with Crippen molar-refractivity contribution in [1.29, 1.82) is 0 Å². The summed E-state index contributed by atoms with van der Waals surface area (Å²) in [6.45, 7) is 6.94. The number of nitro benzene ring substituents is 1. The number of benzene rings is 3. The first-order valence-electron chi connectivity index (χ1n) is 12.9. The smallest absolute Gasteiger partial charge is 0.410 e. The van der Waals surface area contributed by atoms with Crippen molar-refractivity contribution < 1.29 is 23.2 Å². The molecule has 0 radical (unpaired) electrons. The Morgan fingerprint density at radius 3 is 2.28 bits per heavy atom. The Labute approximate surface area is 227 Å². The summed E-state index contributed by atoms with van der Waals surface area (Å²) in [6.07, 6.45) is 0.882.